The summed E-state index contributed by atoms with van der Waals surface area (Å²) in [6.07, 6.45) is 0.405. The van der Waals surface area contributed by atoms with Crippen molar-refractivity contribution in [1.82, 2.24) is 15.1 Å². The molecule has 0 atom stereocenters. The molecule has 0 saturated heterocycles. The predicted octanol–water partition coefficient (Wildman–Crippen LogP) is 3.46. The lowest BCUT2D eigenvalue weighted by atomic mass is 9.90. The van der Waals surface area contributed by atoms with Crippen LogP contribution in [-0.4, -0.2) is 33.4 Å². The number of aliphatic carboxylic acids is 1. The highest BCUT2D eigenvalue weighted by molar-refractivity contribution is 5.89. The number of carboxylic acids is 1. The summed E-state index contributed by atoms with van der Waals surface area (Å²) in [4.78, 5) is 22.8. The van der Waals surface area contributed by atoms with Crippen LogP contribution in [0.3, 0.4) is 0 Å². The second-order valence-electron chi connectivity index (χ2n) is 7.20. The maximum Gasteiger partial charge on any atom is 0.320 e. The molecule has 0 aliphatic heterocycles. The molecule has 1 aromatic carbocycles. The van der Waals surface area contributed by atoms with Gasteiger partial charge in [0.1, 0.15) is 5.82 Å². The van der Waals surface area contributed by atoms with Crippen molar-refractivity contribution < 1.29 is 14.7 Å². The molecule has 0 aliphatic carbocycles. The van der Waals surface area contributed by atoms with Crippen LogP contribution >= 0.6 is 0 Å². The van der Waals surface area contributed by atoms with E-state index in [4.69, 9.17) is 10.2 Å². The highest BCUT2D eigenvalue weighted by Crippen LogP contribution is 2.31. The number of nitrogens with zero attached hydrogens (tertiary/aromatic N) is 2. The van der Waals surface area contributed by atoms with Gasteiger partial charge in [0.05, 0.1) is 11.4 Å². The van der Waals surface area contributed by atoms with Crippen LogP contribution in [0.25, 0.3) is 5.69 Å². The average molecular weight is 358 g/mol. The lowest BCUT2D eigenvalue weighted by molar-refractivity contribution is -0.137. The number of rotatable bonds is 6. The first-order valence-corrected chi connectivity index (χ1v) is 8.62. The maximum atomic E-state index is 12.2. The van der Waals surface area contributed by atoms with E-state index in [1.165, 1.54) is 0 Å². The Morgan fingerprint density at radius 2 is 1.85 bits per heavy atom. The molecule has 26 heavy (non-hydrogen) atoms. The zero-order valence-electron chi connectivity index (χ0n) is 15.7. The highest BCUT2D eigenvalue weighted by Gasteiger charge is 2.25. The zero-order valence-corrected chi connectivity index (χ0v) is 15.7. The van der Waals surface area contributed by atoms with Gasteiger partial charge in [0.25, 0.3) is 0 Å². The molecule has 140 valence electrons. The fourth-order valence-electron chi connectivity index (χ4n) is 2.70. The molecule has 0 aliphatic rings. The summed E-state index contributed by atoms with van der Waals surface area (Å²) in [6, 6.07) is 9.23. The number of hydrogen-bond acceptors (Lipinski definition) is 3. The summed E-state index contributed by atoms with van der Waals surface area (Å²) >= 11 is 0. The number of nitrogens with one attached hydrogen (secondary N) is 2. The Balaban J connectivity index is 2.24. The summed E-state index contributed by atoms with van der Waals surface area (Å²) in [5.41, 5.74) is 2.50. The summed E-state index contributed by atoms with van der Waals surface area (Å²) in [5.74, 6) is -0.267. The minimum Gasteiger partial charge on any atom is -0.481 e. The van der Waals surface area contributed by atoms with Gasteiger partial charge in [-0.15, -0.1) is 0 Å². The van der Waals surface area contributed by atoms with Gasteiger partial charge in [-0.25, -0.2) is 9.48 Å². The first kappa shape index (κ1) is 19.5. The van der Waals surface area contributed by atoms with E-state index in [0.717, 1.165) is 16.9 Å². The largest absolute Gasteiger partial charge is 0.481 e. The Morgan fingerprint density at radius 3 is 2.42 bits per heavy atom. The van der Waals surface area contributed by atoms with E-state index in [1.807, 2.05) is 37.3 Å². The van der Waals surface area contributed by atoms with Crippen LogP contribution in [-0.2, 0) is 10.2 Å². The fraction of sp³-hybridized carbons (Fsp3) is 0.421. The van der Waals surface area contributed by atoms with Crippen molar-refractivity contribution in [2.45, 2.75) is 46.0 Å². The van der Waals surface area contributed by atoms with Crippen LogP contribution in [0.1, 0.15) is 44.9 Å². The van der Waals surface area contributed by atoms with Crippen molar-refractivity contribution in [2.75, 3.05) is 11.9 Å². The molecule has 0 radical (unpaired) electrons. The number of para-hydroxylation sites is 1. The molecule has 0 fully saturated rings. The second-order valence-corrected chi connectivity index (χ2v) is 7.20. The minimum atomic E-state index is -0.875. The Labute approximate surface area is 153 Å². The van der Waals surface area contributed by atoms with E-state index in [2.05, 4.69) is 31.4 Å². The molecule has 1 aromatic heterocycles. The fourth-order valence-corrected chi connectivity index (χ4v) is 2.70. The molecule has 7 nitrogen and oxygen atoms in total. The first-order chi connectivity index (χ1) is 12.2. The van der Waals surface area contributed by atoms with Crippen molar-refractivity contribution in [1.29, 1.82) is 0 Å². The first-order valence-electron chi connectivity index (χ1n) is 8.62. The molecule has 2 amide bonds. The number of urea groups is 1. The molecular formula is C19H26N4O3. The number of carbonyl (C=O) groups is 2. The minimum absolute atomic E-state index is 0.0232. The van der Waals surface area contributed by atoms with Gasteiger partial charge >= 0.3 is 12.0 Å². The lowest BCUT2D eigenvalue weighted by Crippen LogP contribution is -2.31. The van der Waals surface area contributed by atoms with E-state index in [-0.39, 0.29) is 17.9 Å². The molecule has 1 heterocycles. The molecule has 2 rings (SSSR count). The molecular weight excluding hydrogens is 332 g/mol. The summed E-state index contributed by atoms with van der Waals surface area (Å²) < 4.78 is 1.73. The lowest BCUT2D eigenvalue weighted by Gasteiger charge is -2.16. The van der Waals surface area contributed by atoms with E-state index in [1.54, 1.807) is 4.68 Å². The summed E-state index contributed by atoms with van der Waals surface area (Å²) in [7, 11) is 0. The average Bonchev–Trinajstić information content (AvgIpc) is 2.89. The van der Waals surface area contributed by atoms with Gasteiger partial charge in [-0.05, 0) is 25.5 Å². The number of benzene rings is 1. The molecule has 7 heteroatoms. The molecule has 0 unspecified atom stereocenters. The molecule has 0 bridgehead atoms. The van der Waals surface area contributed by atoms with E-state index in [0.29, 0.717) is 18.8 Å². The summed E-state index contributed by atoms with van der Waals surface area (Å²) in [5, 5.41) is 18.9. The Morgan fingerprint density at radius 1 is 1.19 bits per heavy atom. The Kier molecular flexibility index (Phi) is 6.02. The van der Waals surface area contributed by atoms with Gasteiger partial charge in [-0.2, -0.15) is 5.10 Å². The number of anilines is 1. The molecule has 2 aromatic rings. The standard InChI is InChI=1S/C19H26N4O3/c1-13-16(19(2,3)4)22-23(14-9-6-5-7-10-14)17(13)21-18(26)20-12-8-11-15(24)25/h5-7,9-10H,8,11-12H2,1-4H3,(H,24,25)(H2,20,21,26). The van der Waals surface area contributed by atoms with Gasteiger partial charge in [0, 0.05) is 23.9 Å². The smallest absolute Gasteiger partial charge is 0.320 e. The quantitative estimate of drug-likeness (QED) is 0.689. The van der Waals surface area contributed by atoms with Crippen LogP contribution in [0.15, 0.2) is 30.3 Å². The topological polar surface area (TPSA) is 96.3 Å². The number of carboxylic acid groups (broad SMARTS) is 1. The van der Waals surface area contributed by atoms with E-state index < -0.39 is 5.97 Å². The maximum absolute atomic E-state index is 12.2. The molecule has 0 saturated carbocycles. The van der Waals surface area contributed by atoms with Gasteiger partial charge in [-0.1, -0.05) is 39.0 Å². The number of aromatic nitrogens is 2. The second kappa shape index (κ2) is 8.03. The Bertz CT molecular complexity index is 776. The van der Waals surface area contributed by atoms with Crippen molar-refractivity contribution in [3.8, 4) is 5.69 Å². The van der Waals surface area contributed by atoms with Crippen molar-refractivity contribution in [2.24, 2.45) is 0 Å². The SMILES string of the molecule is Cc1c(C(C)(C)C)nn(-c2ccccc2)c1NC(=O)NCCCC(=O)O. The van der Waals surface area contributed by atoms with Crippen LogP contribution in [0, 0.1) is 6.92 Å². The molecule has 0 spiro atoms. The number of hydrogen-bond donors (Lipinski definition) is 3. The third-order valence-corrected chi connectivity index (χ3v) is 3.92. The summed E-state index contributed by atoms with van der Waals surface area (Å²) in [6.45, 7) is 8.46. The van der Waals surface area contributed by atoms with Crippen molar-refractivity contribution >= 4 is 17.8 Å². The van der Waals surface area contributed by atoms with E-state index in [9.17, 15) is 9.59 Å². The highest BCUT2D eigenvalue weighted by atomic mass is 16.4. The van der Waals surface area contributed by atoms with Gasteiger partial charge < -0.3 is 10.4 Å². The number of amides is 2. The predicted molar refractivity (Wildman–Crippen MR) is 101 cm³/mol. The third-order valence-electron chi connectivity index (χ3n) is 3.92. The van der Waals surface area contributed by atoms with Crippen LogP contribution in [0.2, 0.25) is 0 Å². The normalized spacial score (nSPS) is 11.2. The molecule has 3 N–H and O–H groups in total. The zero-order chi connectivity index (χ0) is 19.3. The third kappa shape index (κ3) is 4.84. The van der Waals surface area contributed by atoms with Crippen LogP contribution in [0.4, 0.5) is 10.6 Å². The Hall–Kier alpha value is -2.83. The number of carbonyl (C=O) groups excluding carboxylic acids is 1. The van der Waals surface area contributed by atoms with Gasteiger partial charge in [-0.3, -0.25) is 10.1 Å². The van der Waals surface area contributed by atoms with Gasteiger partial charge in [0.2, 0.25) is 0 Å². The van der Waals surface area contributed by atoms with Crippen LogP contribution < -0.4 is 10.6 Å². The van der Waals surface area contributed by atoms with Crippen LogP contribution in [0.5, 0.6) is 0 Å². The van der Waals surface area contributed by atoms with Crippen molar-refractivity contribution in [3.63, 3.8) is 0 Å². The van der Waals surface area contributed by atoms with Gasteiger partial charge in [0.15, 0.2) is 0 Å². The van der Waals surface area contributed by atoms with Crippen molar-refractivity contribution in [3.05, 3.63) is 41.6 Å². The van der Waals surface area contributed by atoms with E-state index >= 15 is 0 Å². The monoisotopic (exact) mass is 358 g/mol.